The monoisotopic (exact) mass is 224 g/mol. The van der Waals surface area contributed by atoms with E-state index in [0.29, 0.717) is 6.10 Å². The van der Waals surface area contributed by atoms with Crippen molar-refractivity contribution < 1.29 is 4.74 Å². The fraction of sp³-hybridized carbons (Fsp3) is 1.00. The van der Waals surface area contributed by atoms with Crippen LogP contribution >= 0.6 is 0 Å². The Kier molecular flexibility index (Phi) is 3.18. The number of hydrogen-bond acceptors (Lipinski definition) is 3. The lowest BCUT2D eigenvalue weighted by Crippen LogP contribution is -2.51. The van der Waals surface area contributed by atoms with Gasteiger partial charge in [-0.05, 0) is 38.1 Å². The number of fused-ring (bicyclic) bond motifs is 2. The van der Waals surface area contributed by atoms with E-state index in [-0.39, 0.29) is 0 Å². The van der Waals surface area contributed by atoms with Gasteiger partial charge in [-0.1, -0.05) is 6.42 Å². The fourth-order valence-corrected chi connectivity index (χ4v) is 4.05. The Balaban J connectivity index is 1.58. The van der Waals surface area contributed by atoms with Gasteiger partial charge >= 0.3 is 0 Å². The van der Waals surface area contributed by atoms with Crippen molar-refractivity contribution in [2.45, 2.75) is 37.8 Å². The normalized spacial score (nSPS) is 44.1. The lowest BCUT2D eigenvalue weighted by Gasteiger charge is -2.40. The lowest BCUT2D eigenvalue weighted by molar-refractivity contribution is -0.0490. The van der Waals surface area contributed by atoms with E-state index < -0.39 is 0 Å². The average molecular weight is 224 g/mol. The van der Waals surface area contributed by atoms with Crippen molar-refractivity contribution >= 4 is 0 Å². The summed E-state index contributed by atoms with van der Waals surface area (Å²) in [4.78, 5) is 2.72. The molecule has 2 aliphatic carbocycles. The van der Waals surface area contributed by atoms with E-state index in [4.69, 9.17) is 4.74 Å². The maximum atomic E-state index is 5.78. The number of rotatable bonds is 3. The smallest absolute Gasteiger partial charge is 0.0826 e. The molecular formula is C13H24N2O. The van der Waals surface area contributed by atoms with Gasteiger partial charge in [-0.15, -0.1) is 0 Å². The number of nitrogens with zero attached hydrogens (tertiary/aromatic N) is 1. The molecule has 0 aromatic heterocycles. The molecule has 1 heterocycles. The van der Waals surface area contributed by atoms with Crippen LogP contribution in [0.1, 0.15) is 25.7 Å². The van der Waals surface area contributed by atoms with Crippen molar-refractivity contribution in [2.75, 3.05) is 33.3 Å². The topological polar surface area (TPSA) is 24.5 Å². The second-order valence-electron chi connectivity index (χ2n) is 5.79. The molecule has 3 heteroatoms. The van der Waals surface area contributed by atoms with Gasteiger partial charge in [0, 0.05) is 25.7 Å². The molecule has 0 radical (unpaired) electrons. The highest BCUT2D eigenvalue weighted by Gasteiger charge is 2.43. The number of morpholine rings is 1. The van der Waals surface area contributed by atoms with Gasteiger partial charge in [-0.3, -0.25) is 4.90 Å². The highest BCUT2D eigenvalue weighted by Crippen LogP contribution is 2.46. The minimum Gasteiger partial charge on any atom is -0.374 e. The summed E-state index contributed by atoms with van der Waals surface area (Å²) in [6.45, 7) is 4.24. The van der Waals surface area contributed by atoms with Gasteiger partial charge < -0.3 is 10.1 Å². The first-order valence-electron chi connectivity index (χ1n) is 6.87. The minimum absolute atomic E-state index is 0.415. The summed E-state index contributed by atoms with van der Waals surface area (Å²) >= 11 is 0. The molecule has 4 atom stereocenters. The maximum Gasteiger partial charge on any atom is 0.0826 e. The van der Waals surface area contributed by atoms with Gasteiger partial charge in [0.1, 0.15) is 0 Å². The number of hydrogen-bond donors (Lipinski definition) is 1. The Labute approximate surface area is 98.5 Å². The van der Waals surface area contributed by atoms with Crippen LogP contribution in [-0.2, 0) is 4.74 Å². The van der Waals surface area contributed by atoms with Gasteiger partial charge in [0.05, 0.1) is 12.7 Å². The van der Waals surface area contributed by atoms with Crippen LogP contribution in [0.2, 0.25) is 0 Å². The quantitative estimate of drug-likeness (QED) is 0.777. The first-order valence-corrected chi connectivity index (χ1v) is 6.87. The van der Waals surface area contributed by atoms with Gasteiger partial charge in [-0.25, -0.2) is 0 Å². The van der Waals surface area contributed by atoms with E-state index in [1.807, 2.05) is 7.05 Å². The minimum atomic E-state index is 0.415. The molecule has 1 aliphatic heterocycles. The zero-order valence-electron chi connectivity index (χ0n) is 10.3. The van der Waals surface area contributed by atoms with E-state index in [0.717, 1.165) is 44.1 Å². The molecule has 2 bridgehead atoms. The molecule has 1 saturated heterocycles. The van der Waals surface area contributed by atoms with Crippen molar-refractivity contribution in [3.8, 4) is 0 Å². The van der Waals surface area contributed by atoms with Crippen LogP contribution in [0.15, 0.2) is 0 Å². The highest BCUT2D eigenvalue weighted by molar-refractivity contribution is 4.96. The molecule has 0 spiro atoms. The summed E-state index contributed by atoms with van der Waals surface area (Å²) in [5.41, 5.74) is 0. The summed E-state index contributed by atoms with van der Waals surface area (Å²) in [6, 6.07) is 0.891. The summed E-state index contributed by atoms with van der Waals surface area (Å²) in [5, 5.41) is 3.23. The zero-order chi connectivity index (χ0) is 11.0. The molecule has 3 nitrogen and oxygen atoms in total. The van der Waals surface area contributed by atoms with E-state index in [1.54, 1.807) is 0 Å². The number of ether oxygens (including phenoxy) is 1. The Morgan fingerprint density at radius 3 is 2.94 bits per heavy atom. The third kappa shape index (κ3) is 2.01. The van der Waals surface area contributed by atoms with Crippen molar-refractivity contribution in [1.82, 2.24) is 10.2 Å². The molecule has 3 aliphatic rings. The molecule has 0 aromatic carbocycles. The fourth-order valence-electron chi connectivity index (χ4n) is 4.05. The summed E-state index contributed by atoms with van der Waals surface area (Å²) < 4.78 is 5.78. The van der Waals surface area contributed by atoms with Crippen molar-refractivity contribution in [3.63, 3.8) is 0 Å². The number of likely N-dealkylation sites (N-methyl/N-ethyl adjacent to an activating group) is 1. The standard InChI is InChI=1S/C13H24N2O/c1-14-8-12-9-15(4-5-16-12)13-7-10-2-3-11(13)6-10/h10-14H,2-9H2,1H3. The molecule has 1 N–H and O–H groups in total. The summed E-state index contributed by atoms with van der Waals surface area (Å²) in [5.74, 6) is 2.07. The summed E-state index contributed by atoms with van der Waals surface area (Å²) in [6.07, 6.45) is 6.39. The lowest BCUT2D eigenvalue weighted by atomic mass is 9.93. The second kappa shape index (κ2) is 4.63. The van der Waals surface area contributed by atoms with Gasteiger partial charge in [-0.2, -0.15) is 0 Å². The Hall–Kier alpha value is -0.120. The van der Waals surface area contributed by atoms with Crippen LogP contribution in [0.3, 0.4) is 0 Å². The first kappa shape index (κ1) is 11.0. The van der Waals surface area contributed by atoms with Gasteiger partial charge in [0.2, 0.25) is 0 Å². The predicted molar refractivity (Wildman–Crippen MR) is 64.5 cm³/mol. The van der Waals surface area contributed by atoms with Gasteiger partial charge in [0.25, 0.3) is 0 Å². The number of nitrogens with one attached hydrogen (secondary N) is 1. The van der Waals surface area contributed by atoms with Crippen LogP contribution in [-0.4, -0.2) is 50.3 Å². The molecule has 3 rings (SSSR count). The molecule has 92 valence electrons. The van der Waals surface area contributed by atoms with E-state index >= 15 is 0 Å². The van der Waals surface area contributed by atoms with Crippen LogP contribution < -0.4 is 5.32 Å². The van der Waals surface area contributed by atoms with Crippen LogP contribution in [0.25, 0.3) is 0 Å². The van der Waals surface area contributed by atoms with E-state index in [2.05, 4.69) is 10.2 Å². The predicted octanol–water partition coefficient (Wildman–Crippen LogP) is 1.10. The van der Waals surface area contributed by atoms with Gasteiger partial charge in [0.15, 0.2) is 0 Å². The van der Waals surface area contributed by atoms with Crippen molar-refractivity contribution in [1.29, 1.82) is 0 Å². The Bertz CT molecular complexity index is 244. The third-order valence-corrected chi connectivity index (χ3v) is 4.77. The Morgan fingerprint density at radius 2 is 2.25 bits per heavy atom. The van der Waals surface area contributed by atoms with E-state index in [1.165, 1.54) is 25.7 Å². The molecule has 2 saturated carbocycles. The molecule has 16 heavy (non-hydrogen) atoms. The molecule has 0 aromatic rings. The largest absolute Gasteiger partial charge is 0.374 e. The van der Waals surface area contributed by atoms with Crippen LogP contribution in [0, 0.1) is 11.8 Å². The molecular weight excluding hydrogens is 200 g/mol. The average Bonchev–Trinajstić information content (AvgIpc) is 2.91. The van der Waals surface area contributed by atoms with E-state index in [9.17, 15) is 0 Å². The van der Waals surface area contributed by atoms with Crippen molar-refractivity contribution in [3.05, 3.63) is 0 Å². The van der Waals surface area contributed by atoms with Crippen LogP contribution in [0.5, 0.6) is 0 Å². The maximum absolute atomic E-state index is 5.78. The second-order valence-corrected chi connectivity index (χ2v) is 5.79. The SMILES string of the molecule is CNCC1CN(C2CC3CCC2C3)CCO1. The first-order chi connectivity index (χ1) is 7.86. The van der Waals surface area contributed by atoms with Crippen LogP contribution in [0.4, 0.5) is 0 Å². The molecule has 4 unspecified atom stereocenters. The molecule has 3 fully saturated rings. The third-order valence-electron chi connectivity index (χ3n) is 4.77. The molecule has 0 amide bonds. The van der Waals surface area contributed by atoms with Crippen molar-refractivity contribution in [2.24, 2.45) is 11.8 Å². The highest BCUT2D eigenvalue weighted by atomic mass is 16.5. The zero-order valence-corrected chi connectivity index (χ0v) is 10.3. The Morgan fingerprint density at radius 1 is 1.31 bits per heavy atom. The summed E-state index contributed by atoms with van der Waals surface area (Å²) in [7, 11) is 2.01.